The number of ether oxygens (including phenoxy) is 2. The van der Waals surface area contributed by atoms with Gasteiger partial charge in [0.25, 0.3) is 5.91 Å². The minimum Gasteiger partial charge on any atom is -0.465 e. The Bertz CT molecular complexity index is 1590. The monoisotopic (exact) mass is 608 g/mol. The first-order chi connectivity index (χ1) is 21.9. The molecule has 3 saturated heterocycles. The van der Waals surface area contributed by atoms with Crippen LogP contribution in [0.25, 0.3) is 10.8 Å². The first-order valence-electron chi connectivity index (χ1n) is 15.8. The van der Waals surface area contributed by atoms with Crippen LogP contribution in [0.2, 0.25) is 0 Å². The van der Waals surface area contributed by atoms with Gasteiger partial charge < -0.3 is 24.4 Å². The van der Waals surface area contributed by atoms with E-state index in [1.165, 1.54) is 4.90 Å². The Balaban J connectivity index is 1.40. The minimum absolute atomic E-state index is 0.200. The number of hydrogen-bond donors (Lipinski definition) is 1. The third-order valence-corrected chi connectivity index (χ3v) is 9.61. The average Bonchev–Trinajstić information content (AvgIpc) is 3.71. The Labute approximate surface area is 263 Å². The molecule has 3 aromatic carbocycles. The highest BCUT2D eigenvalue weighted by Gasteiger charge is 2.75. The largest absolute Gasteiger partial charge is 0.465 e. The van der Waals surface area contributed by atoms with Gasteiger partial charge in [0.2, 0.25) is 5.91 Å². The first kappa shape index (κ1) is 30.7. The summed E-state index contributed by atoms with van der Waals surface area (Å²) in [6.45, 7) is 7.69. The lowest BCUT2D eigenvalue weighted by molar-refractivity contribution is -0.156. The van der Waals surface area contributed by atoms with Crippen LogP contribution in [-0.2, 0) is 23.9 Å². The fourth-order valence-electron chi connectivity index (χ4n) is 7.61. The number of anilines is 1. The molecule has 1 N–H and O–H groups in total. The predicted octanol–water partition coefficient (Wildman–Crippen LogP) is 5.37. The molecule has 6 atom stereocenters. The predicted molar refractivity (Wildman–Crippen MR) is 172 cm³/mol. The number of nitrogens with zero attached hydrogens (tertiary/aromatic N) is 2. The van der Waals surface area contributed by atoms with Gasteiger partial charge in [0, 0.05) is 12.2 Å². The fourth-order valence-corrected chi connectivity index (χ4v) is 7.61. The van der Waals surface area contributed by atoms with E-state index in [1.807, 2.05) is 78.9 Å². The van der Waals surface area contributed by atoms with E-state index in [0.29, 0.717) is 30.5 Å². The van der Waals surface area contributed by atoms with Gasteiger partial charge in [-0.2, -0.15) is 0 Å². The molecule has 6 rings (SSSR count). The zero-order valence-corrected chi connectivity index (χ0v) is 25.4. The van der Waals surface area contributed by atoms with Gasteiger partial charge in [0.15, 0.2) is 0 Å². The lowest BCUT2D eigenvalue weighted by atomic mass is 9.70. The molecule has 0 radical (unpaired) electrons. The van der Waals surface area contributed by atoms with Crippen molar-refractivity contribution in [3.8, 4) is 0 Å². The molecule has 3 fully saturated rings. The fraction of sp³-hybridized carbons (Fsp3) is 0.378. The quantitative estimate of drug-likeness (QED) is 0.159. The number of aliphatic hydroxyl groups excluding tert-OH is 1. The number of benzene rings is 3. The molecule has 2 unspecified atom stereocenters. The molecule has 2 bridgehead atoms. The Morgan fingerprint density at radius 2 is 1.80 bits per heavy atom. The van der Waals surface area contributed by atoms with Gasteiger partial charge in [0.1, 0.15) is 11.6 Å². The molecule has 1 spiro atoms. The van der Waals surface area contributed by atoms with Crippen LogP contribution in [0, 0.1) is 11.8 Å². The van der Waals surface area contributed by atoms with E-state index < -0.39 is 48.2 Å². The summed E-state index contributed by atoms with van der Waals surface area (Å²) in [6.07, 6.45) is 6.31. The van der Waals surface area contributed by atoms with Crippen molar-refractivity contribution in [3.05, 3.63) is 104 Å². The summed E-state index contributed by atoms with van der Waals surface area (Å²) in [5.74, 6) is -2.90. The molecule has 45 heavy (non-hydrogen) atoms. The Hall–Kier alpha value is -4.27. The summed E-state index contributed by atoms with van der Waals surface area (Å²) in [4.78, 5) is 46.3. The Morgan fingerprint density at radius 1 is 1.04 bits per heavy atom. The van der Waals surface area contributed by atoms with Crippen molar-refractivity contribution in [2.75, 3.05) is 24.7 Å². The van der Waals surface area contributed by atoms with Gasteiger partial charge in [0.05, 0.1) is 37.2 Å². The highest BCUT2D eigenvalue weighted by molar-refractivity contribution is 6.05. The number of rotatable bonds is 13. The lowest BCUT2D eigenvalue weighted by Crippen LogP contribution is -2.57. The summed E-state index contributed by atoms with van der Waals surface area (Å²) in [5.41, 5.74) is 0.123. The van der Waals surface area contributed by atoms with Gasteiger partial charge in [-0.05, 0) is 60.6 Å². The van der Waals surface area contributed by atoms with Crippen molar-refractivity contribution < 1.29 is 29.0 Å². The van der Waals surface area contributed by atoms with Gasteiger partial charge in [-0.3, -0.25) is 14.4 Å². The third-order valence-electron chi connectivity index (χ3n) is 9.61. The number of hydrogen-bond acceptors (Lipinski definition) is 6. The molecular formula is C37H40N2O6. The van der Waals surface area contributed by atoms with Crippen molar-refractivity contribution >= 4 is 34.2 Å². The van der Waals surface area contributed by atoms with E-state index in [4.69, 9.17) is 9.47 Å². The smallest absolute Gasteiger partial charge is 0.312 e. The molecule has 3 heterocycles. The minimum atomic E-state index is -1.23. The number of carbonyl (C=O) groups is 3. The Kier molecular flexibility index (Phi) is 8.88. The van der Waals surface area contributed by atoms with Crippen LogP contribution in [0.1, 0.15) is 43.7 Å². The topological polar surface area (TPSA) is 96.4 Å². The molecule has 2 amide bonds. The summed E-state index contributed by atoms with van der Waals surface area (Å²) < 4.78 is 12.3. The first-order valence-corrected chi connectivity index (χ1v) is 15.8. The SMILES string of the molecule is C=CCCCCOC(=O)[C@@H]1[C@@H]2CCC3(O2)C(C(=O)N(CC=C)c2ccc4ccccc4c2)N([C@H](CO)c2ccccc2)C(=O)[C@H]13. The highest BCUT2D eigenvalue weighted by Crippen LogP contribution is 2.60. The zero-order valence-electron chi connectivity index (χ0n) is 25.4. The molecule has 234 valence electrons. The second-order valence-corrected chi connectivity index (χ2v) is 12.1. The number of carbonyl (C=O) groups excluding carboxylic acids is 3. The number of allylic oxidation sites excluding steroid dienone is 1. The van der Waals surface area contributed by atoms with Gasteiger partial charge in [-0.25, -0.2) is 0 Å². The lowest BCUT2D eigenvalue weighted by Gasteiger charge is -2.39. The normalized spacial score (nSPS) is 25.6. The summed E-state index contributed by atoms with van der Waals surface area (Å²) in [7, 11) is 0. The van der Waals surface area contributed by atoms with E-state index in [1.54, 1.807) is 11.0 Å². The standard InChI is InChI=1S/C37H40N2O6/c1-3-5-6-12-22-44-36(43)31-30-19-20-37(45-30)32(31)34(41)39(29(24-40)26-14-8-7-9-15-26)33(37)35(42)38(21-4-2)28-18-17-25-13-10-11-16-27(25)23-28/h3-4,7-11,13-18,23,29-33,40H,1-2,5-6,12,19-22,24H2/t29-,30+,31-,32+,33?,37?/m1/s1. The molecule has 3 aliphatic rings. The van der Waals surface area contributed by atoms with Gasteiger partial charge in [-0.15, -0.1) is 13.2 Å². The van der Waals surface area contributed by atoms with Crippen LogP contribution in [0.4, 0.5) is 5.69 Å². The maximum absolute atomic E-state index is 15.0. The number of aliphatic hydroxyl groups is 1. The molecule has 0 aliphatic carbocycles. The van der Waals surface area contributed by atoms with Crippen LogP contribution in [0.3, 0.4) is 0 Å². The van der Waals surface area contributed by atoms with Gasteiger partial charge in [-0.1, -0.05) is 72.8 Å². The Morgan fingerprint density at radius 3 is 2.53 bits per heavy atom. The van der Waals surface area contributed by atoms with E-state index in [-0.39, 0.29) is 25.0 Å². The van der Waals surface area contributed by atoms with Gasteiger partial charge >= 0.3 is 5.97 Å². The van der Waals surface area contributed by atoms with Crippen molar-refractivity contribution in [2.45, 2.75) is 55.9 Å². The van der Waals surface area contributed by atoms with E-state index >= 15 is 0 Å². The van der Waals surface area contributed by atoms with Crippen molar-refractivity contribution in [3.63, 3.8) is 0 Å². The van der Waals surface area contributed by atoms with Crippen LogP contribution in [0.15, 0.2) is 98.1 Å². The maximum atomic E-state index is 15.0. The van der Waals surface area contributed by atoms with Crippen LogP contribution in [-0.4, -0.2) is 65.3 Å². The maximum Gasteiger partial charge on any atom is 0.312 e. The van der Waals surface area contributed by atoms with E-state index in [0.717, 1.165) is 23.6 Å². The molecule has 8 heteroatoms. The van der Waals surface area contributed by atoms with Crippen molar-refractivity contribution in [1.82, 2.24) is 4.90 Å². The summed E-state index contributed by atoms with van der Waals surface area (Å²) in [5, 5.41) is 12.8. The molecule has 3 aliphatic heterocycles. The van der Waals surface area contributed by atoms with Crippen molar-refractivity contribution in [2.24, 2.45) is 11.8 Å². The second-order valence-electron chi connectivity index (χ2n) is 12.1. The molecule has 0 saturated carbocycles. The summed E-state index contributed by atoms with van der Waals surface area (Å²) in [6, 6.07) is 21.0. The number of likely N-dealkylation sites (tertiary alicyclic amines) is 1. The van der Waals surface area contributed by atoms with E-state index in [2.05, 4.69) is 13.2 Å². The highest BCUT2D eigenvalue weighted by atomic mass is 16.6. The second kappa shape index (κ2) is 13.0. The third kappa shape index (κ3) is 5.36. The number of amides is 2. The van der Waals surface area contributed by atoms with Crippen LogP contribution >= 0.6 is 0 Å². The average molecular weight is 609 g/mol. The zero-order chi connectivity index (χ0) is 31.6. The molecule has 8 nitrogen and oxygen atoms in total. The molecule has 0 aromatic heterocycles. The number of esters is 1. The summed E-state index contributed by atoms with van der Waals surface area (Å²) >= 11 is 0. The van der Waals surface area contributed by atoms with E-state index in [9.17, 15) is 19.5 Å². The number of unbranched alkanes of at least 4 members (excludes halogenated alkanes) is 2. The molecular weight excluding hydrogens is 568 g/mol. The van der Waals surface area contributed by atoms with Crippen LogP contribution in [0.5, 0.6) is 0 Å². The number of fused-ring (bicyclic) bond motifs is 2. The van der Waals surface area contributed by atoms with Crippen LogP contribution < -0.4 is 4.90 Å². The molecule has 3 aromatic rings. The van der Waals surface area contributed by atoms with Crippen molar-refractivity contribution in [1.29, 1.82) is 0 Å².